The van der Waals surface area contributed by atoms with E-state index in [9.17, 15) is 19.5 Å². The van der Waals surface area contributed by atoms with Crippen molar-refractivity contribution in [2.24, 2.45) is 10.9 Å². The number of nitrogen functional groups attached to an aromatic ring is 1. The minimum atomic E-state index is -1.21. The van der Waals surface area contributed by atoms with E-state index in [1.807, 2.05) is 0 Å². The van der Waals surface area contributed by atoms with Crippen LogP contribution in [0.4, 0.5) is 5.13 Å². The third-order valence-corrected chi connectivity index (χ3v) is 8.87. The van der Waals surface area contributed by atoms with Crippen molar-refractivity contribution in [2.75, 3.05) is 24.3 Å². The van der Waals surface area contributed by atoms with Crippen molar-refractivity contribution < 1.29 is 24.3 Å². The number of thioether (sulfide) groups is 2. The van der Waals surface area contributed by atoms with Crippen LogP contribution in [0.1, 0.15) is 10.7 Å². The Hall–Kier alpha value is -2.73. The minimum Gasteiger partial charge on any atom is -0.477 e. The van der Waals surface area contributed by atoms with E-state index in [1.165, 1.54) is 46.9 Å². The van der Waals surface area contributed by atoms with Gasteiger partial charge in [-0.3, -0.25) is 14.5 Å². The molecule has 0 saturated carbocycles. The highest BCUT2D eigenvalue weighted by Gasteiger charge is 2.54. The molecule has 0 aromatic carbocycles. The molecule has 2 amide bonds. The zero-order chi connectivity index (χ0) is 24.4. The van der Waals surface area contributed by atoms with E-state index in [-0.39, 0.29) is 28.8 Å². The summed E-state index contributed by atoms with van der Waals surface area (Å²) in [5.74, 6) is -1.71. The van der Waals surface area contributed by atoms with Crippen molar-refractivity contribution in [3.05, 3.63) is 27.4 Å². The van der Waals surface area contributed by atoms with Crippen molar-refractivity contribution in [1.82, 2.24) is 25.4 Å². The first-order valence-corrected chi connectivity index (χ1v) is 13.3. The zero-order valence-corrected chi connectivity index (χ0v) is 20.7. The van der Waals surface area contributed by atoms with Gasteiger partial charge in [0.2, 0.25) is 0 Å². The molecule has 0 aliphatic carbocycles. The second-order valence-corrected chi connectivity index (χ2v) is 11.0. The van der Waals surface area contributed by atoms with Gasteiger partial charge < -0.3 is 26.7 Å². The number of hydrogen-bond donors (Lipinski definition) is 4. The fourth-order valence-electron chi connectivity index (χ4n) is 3.22. The molecule has 6 N–H and O–H groups in total. The van der Waals surface area contributed by atoms with Crippen molar-refractivity contribution >= 4 is 74.8 Å². The van der Waals surface area contributed by atoms with Crippen LogP contribution < -0.4 is 16.8 Å². The Bertz CT molecular complexity index is 1190. The molecule has 1 fully saturated rings. The SMILES string of the molecule is CO/N=C(/C(=O)NC1C(=O)N2C(C(=O)O)=C(CSc3nnc(CN)s3)CSC12)c1csc(N)n1. The first kappa shape index (κ1) is 24.4. The summed E-state index contributed by atoms with van der Waals surface area (Å²) in [5, 5.41) is 26.0. The first-order valence-electron chi connectivity index (χ1n) is 9.52. The first-order chi connectivity index (χ1) is 16.3. The monoisotopic (exact) mass is 542 g/mol. The van der Waals surface area contributed by atoms with Gasteiger partial charge in [-0.15, -0.1) is 33.3 Å². The van der Waals surface area contributed by atoms with Crippen LogP contribution in [0, 0.1) is 0 Å². The van der Waals surface area contributed by atoms with Crippen LogP contribution >= 0.6 is 46.2 Å². The quantitative estimate of drug-likeness (QED) is 0.142. The standard InChI is InChI=1S/C17H18N8O5S4/c1-30-24-9(7-5-32-16(19)20-7)12(26)21-10-13(27)25-11(15(28)29)6(3-31-14(10)25)4-33-17-23-22-8(2-18)34-17/h5,10,14H,2-4,18H2,1H3,(H2,19,20)(H,21,26)(H,28,29)/b24-9+. The van der Waals surface area contributed by atoms with Crippen LogP contribution in [0.2, 0.25) is 0 Å². The summed E-state index contributed by atoms with van der Waals surface area (Å²) in [6.07, 6.45) is 0. The van der Waals surface area contributed by atoms with E-state index < -0.39 is 29.2 Å². The van der Waals surface area contributed by atoms with Gasteiger partial charge in [-0.1, -0.05) is 28.3 Å². The van der Waals surface area contributed by atoms with Crippen LogP contribution in [0.15, 0.2) is 26.1 Å². The number of thiazole rings is 1. The second kappa shape index (κ2) is 10.3. The molecule has 13 nitrogen and oxygen atoms in total. The number of carbonyl (C=O) groups excluding carboxylic acids is 2. The Kier molecular flexibility index (Phi) is 7.36. The molecule has 17 heteroatoms. The van der Waals surface area contributed by atoms with Gasteiger partial charge in [0, 0.05) is 23.4 Å². The summed E-state index contributed by atoms with van der Waals surface area (Å²) in [6, 6.07) is -0.922. The van der Waals surface area contributed by atoms with Crippen molar-refractivity contribution in [1.29, 1.82) is 0 Å². The smallest absolute Gasteiger partial charge is 0.352 e. The number of hydrogen-bond acceptors (Lipinski definition) is 14. The molecule has 4 heterocycles. The lowest BCUT2D eigenvalue weighted by Crippen LogP contribution is -2.71. The van der Waals surface area contributed by atoms with E-state index in [2.05, 4.69) is 25.7 Å². The number of anilines is 1. The Labute approximate surface area is 209 Å². The number of aliphatic carboxylic acids is 1. The molecule has 4 rings (SSSR count). The average molecular weight is 543 g/mol. The molecular formula is C17H18N8O5S4. The maximum Gasteiger partial charge on any atom is 0.352 e. The fraction of sp³-hybridized carbons (Fsp3) is 0.353. The lowest BCUT2D eigenvalue weighted by atomic mass is 10.0. The Morgan fingerprint density at radius 1 is 1.44 bits per heavy atom. The number of oxime groups is 1. The highest BCUT2D eigenvalue weighted by atomic mass is 32.2. The normalized spacial score (nSPS) is 20.1. The van der Waals surface area contributed by atoms with Crippen molar-refractivity contribution in [3.8, 4) is 0 Å². The second-order valence-electron chi connectivity index (χ2n) is 6.77. The highest BCUT2D eigenvalue weighted by Crippen LogP contribution is 2.41. The number of nitrogens with two attached hydrogens (primary N) is 2. The number of amides is 2. The lowest BCUT2D eigenvalue weighted by molar-refractivity contribution is -0.150. The summed E-state index contributed by atoms with van der Waals surface area (Å²) in [5.41, 5.74) is 11.8. The van der Waals surface area contributed by atoms with E-state index in [1.54, 1.807) is 5.38 Å². The van der Waals surface area contributed by atoms with Gasteiger partial charge in [0.1, 0.15) is 34.9 Å². The zero-order valence-electron chi connectivity index (χ0n) is 17.5. The van der Waals surface area contributed by atoms with Crippen LogP contribution in [-0.4, -0.2) is 78.7 Å². The Morgan fingerprint density at radius 3 is 2.85 bits per heavy atom. The lowest BCUT2D eigenvalue weighted by Gasteiger charge is -2.49. The maximum atomic E-state index is 12.9. The van der Waals surface area contributed by atoms with Crippen molar-refractivity contribution in [2.45, 2.75) is 22.3 Å². The predicted molar refractivity (Wildman–Crippen MR) is 128 cm³/mol. The van der Waals surface area contributed by atoms with Crippen LogP contribution in [0.5, 0.6) is 0 Å². The summed E-state index contributed by atoms with van der Waals surface area (Å²) in [4.78, 5) is 47.7. The van der Waals surface area contributed by atoms with Gasteiger partial charge in [0.05, 0.1) is 0 Å². The molecular weight excluding hydrogens is 525 g/mol. The molecule has 180 valence electrons. The number of carboxylic acids is 1. The molecule has 34 heavy (non-hydrogen) atoms. The van der Waals surface area contributed by atoms with Gasteiger partial charge in [-0.05, 0) is 5.57 Å². The van der Waals surface area contributed by atoms with Crippen LogP contribution in [-0.2, 0) is 25.8 Å². The molecule has 2 aliphatic rings. The minimum absolute atomic E-state index is 0.0756. The van der Waals surface area contributed by atoms with Gasteiger partial charge in [0.25, 0.3) is 11.8 Å². The third kappa shape index (κ3) is 4.74. The highest BCUT2D eigenvalue weighted by molar-refractivity contribution is 8.01. The number of rotatable bonds is 9. The molecule has 1 saturated heterocycles. The number of nitrogens with one attached hydrogen (secondary N) is 1. The van der Waals surface area contributed by atoms with Gasteiger partial charge in [-0.25, -0.2) is 9.78 Å². The van der Waals surface area contributed by atoms with Gasteiger partial charge in [-0.2, -0.15) is 0 Å². The summed E-state index contributed by atoms with van der Waals surface area (Å²) in [7, 11) is 1.28. The molecule has 2 unspecified atom stereocenters. The van der Waals surface area contributed by atoms with Crippen LogP contribution in [0.3, 0.4) is 0 Å². The number of carbonyl (C=O) groups is 3. The van der Waals surface area contributed by atoms with Crippen molar-refractivity contribution in [3.63, 3.8) is 0 Å². The van der Waals surface area contributed by atoms with Gasteiger partial charge >= 0.3 is 5.97 Å². The molecule has 2 atom stereocenters. The number of carboxylic acid groups (broad SMARTS) is 1. The summed E-state index contributed by atoms with van der Waals surface area (Å²) in [6.45, 7) is 0.279. The molecule has 0 bridgehead atoms. The number of nitrogens with zero attached hydrogens (tertiary/aromatic N) is 5. The maximum absolute atomic E-state index is 12.9. The van der Waals surface area contributed by atoms with Gasteiger partial charge in [0.15, 0.2) is 15.2 Å². The fourth-order valence-corrected chi connectivity index (χ4v) is 7.03. The number of aromatic nitrogens is 3. The third-order valence-electron chi connectivity index (χ3n) is 4.69. The molecule has 2 aromatic heterocycles. The number of β-lactam (4-membered cyclic amide) rings is 1. The van der Waals surface area contributed by atoms with E-state index in [0.717, 1.165) is 11.3 Å². The van der Waals surface area contributed by atoms with E-state index in [0.29, 0.717) is 26.4 Å². The summed E-state index contributed by atoms with van der Waals surface area (Å²) >= 11 is 5.16. The average Bonchev–Trinajstić information content (AvgIpc) is 3.47. The molecule has 0 spiro atoms. The molecule has 2 aliphatic heterocycles. The number of fused-ring (bicyclic) bond motifs is 1. The Morgan fingerprint density at radius 2 is 2.24 bits per heavy atom. The topological polar surface area (TPSA) is 199 Å². The summed E-state index contributed by atoms with van der Waals surface area (Å²) < 4.78 is 0.664. The van der Waals surface area contributed by atoms with E-state index >= 15 is 0 Å². The largest absolute Gasteiger partial charge is 0.477 e. The Balaban J connectivity index is 1.48. The molecule has 2 aromatic rings. The van der Waals surface area contributed by atoms with Crippen LogP contribution in [0.25, 0.3) is 0 Å². The molecule has 0 radical (unpaired) electrons. The van der Waals surface area contributed by atoms with E-state index in [4.69, 9.17) is 16.3 Å². The predicted octanol–water partition coefficient (Wildman–Crippen LogP) is -0.0831.